The molecule has 1 aliphatic rings. The maximum atomic E-state index is 12.2. The van der Waals surface area contributed by atoms with Crippen molar-refractivity contribution in [2.45, 2.75) is 25.3 Å². The third-order valence-corrected chi connectivity index (χ3v) is 4.11. The highest BCUT2D eigenvalue weighted by molar-refractivity contribution is 9.10. The number of carboxylic acids is 1. The molecule has 2 unspecified atom stereocenters. The summed E-state index contributed by atoms with van der Waals surface area (Å²) in [7, 11) is 0. The number of amides is 1. The minimum Gasteiger partial charge on any atom is -0.479 e. The summed E-state index contributed by atoms with van der Waals surface area (Å²) in [6, 6.07) is 6.00. The molecule has 4 nitrogen and oxygen atoms in total. The number of aliphatic carboxylic acids is 1. The van der Waals surface area contributed by atoms with Crippen molar-refractivity contribution in [2.75, 3.05) is 0 Å². The zero-order chi connectivity index (χ0) is 14.5. The van der Waals surface area contributed by atoms with Gasteiger partial charge in [-0.25, -0.2) is 4.79 Å². The highest BCUT2D eigenvalue weighted by Gasteiger charge is 2.27. The van der Waals surface area contributed by atoms with Gasteiger partial charge >= 0.3 is 5.97 Å². The molecule has 0 radical (unpaired) electrons. The molecule has 20 heavy (non-hydrogen) atoms. The van der Waals surface area contributed by atoms with Gasteiger partial charge in [0.15, 0.2) is 6.04 Å². The van der Waals surface area contributed by atoms with Crippen LogP contribution in [0, 0.1) is 5.92 Å². The minimum absolute atomic E-state index is 0.135. The summed E-state index contributed by atoms with van der Waals surface area (Å²) < 4.78 is 0.677. The summed E-state index contributed by atoms with van der Waals surface area (Å²) in [5, 5.41) is 12.0. The summed E-state index contributed by atoms with van der Waals surface area (Å²) >= 11 is 3.33. The van der Waals surface area contributed by atoms with Crippen LogP contribution >= 0.6 is 15.9 Å². The largest absolute Gasteiger partial charge is 0.479 e. The van der Waals surface area contributed by atoms with Crippen LogP contribution in [0.2, 0.25) is 0 Å². The van der Waals surface area contributed by atoms with Crippen LogP contribution in [0.3, 0.4) is 0 Å². The zero-order valence-electron chi connectivity index (χ0n) is 10.9. The molecule has 0 bridgehead atoms. The molecule has 0 fully saturated rings. The molecule has 0 aliphatic heterocycles. The Morgan fingerprint density at radius 1 is 1.30 bits per heavy atom. The van der Waals surface area contributed by atoms with Crippen molar-refractivity contribution in [3.63, 3.8) is 0 Å². The molecule has 5 heteroatoms. The van der Waals surface area contributed by atoms with Crippen molar-refractivity contribution in [3.8, 4) is 0 Å². The molecule has 2 N–H and O–H groups in total. The molecule has 0 saturated heterocycles. The van der Waals surface area contributed by atoms with Crippen molar-refractivity contribution in [3.05, 3.63) is 46.5 Å². The Morgan fingerprint density at radius 3 is 2.65 bits per heavy atom. The van der Waals surface area contributed by atoms with Crippen molar-refractivity contribution >= 4 is 27.8 Å². The van der Waals surface area contributed by atoms with Gasteiger partial charge in [0.2, 0.25) is 5.91 Å². The van der Waals surface area contributed by atoms with Crippen LogP contribution in [0.25, 0.3) is 0 Å². The van der Waals surface area contributed by atoms with E-state index in [1.165, 1.54) is 0 Å². The Bertz CT molecular complexity index is 542. The van der Waals surface area contributed by atoms with Crippen LogP contribution in [0.4, 0.5) is 0 Å². The second kappa shape index (κ2) is 6.70. The van der Waals surface area contributed by atoms with Gasteiger partial charge in [0, 0.05) is 10.4 Å². The van der Waals surface area contributed by atoms with Gasteiger partial charge in [-0.05, 0) is 30.9 Å². The second-order valence-electron chi connectivity index (χ2n) is 4.78. The van der Waals surface area contributed by atoms with Gasteiger partial charge in [0.1, 0.15) is 0 Å². The summed E-state index contributed by atoms with van der Waals surface area (Å²) in [4.78, 5) is 23.6. The number of carboxylic acid groups (broad SMARTS) is 1. The van der Waals surface area contributed by atoms with E-state index in [-0.39, 0.29) is 11.8 Å². The maximum Gasteiger partial charge on any atom is 0.330 e. The summed E-state index contributed by atoms with van der Waals surface area (Å²) in [5.74, 6) is -1.39. The molecule has 2 rings (SSSR count). The number of allylic oxidation sites excluding steroid dienone is 2. The molecule has 0 heterocycles. The number of carbonyl (C=O) groups is 2. The number of hydrogen-bond acceptors (Lipinski definition) is 2. The van der Waals surface area contributed by atoms with Gasteiger partial charge in [-0.15, -0.1) is 0 Å². The van der Waals surface area contributed by atoms with Gasteiger partial charge in [0.25, 0.3) is 0 Å². The van der Waals surface area contributed by atoms with E-state index >= 15 is 0 Å². The summed E-state index contributed by atoms with van der Waals surface area (Å²) in [6.45, 7) is 0. The van der Waals surface area contributed by atoms with E-state index in [2.05, 4.69) is 21.2 Å². The van der Waals surface area contributed by atoms with Crippen molar-refractivity contribution in [1.29, 1.82) is 0 Å². The van der Waals surface area contributed by atoms with Gasteiger partial charge in [-0.3, -0.25) is 4.79 Å². The quantitative estimate of drug-likeness (QED) is 0.830. The van der Waals surface area contributed by atoms with E-state index in [0.29, 0.717) is 16.5 Å². The molecule has 0 saturated carbocycles. The lowest BCUT2D eigenvalue weighted by atomic mass is 9.93. The lowest BCUT2D eigenvalue weighted by Crippen LogP contribution is -2.38. The third-order valence-electron chi connectivity index (χ3n) is 3.39. The lowest BCUT2D eigenvalue weighted by molar-refractivity contribution is -0.142. The van der Waals surface area contributed by atoms with E-state index in [1.54, 1.807) is 24.3 Å². The van der Waals surface area contributed by atoms with Crippen LogP contribution in [-0.4, -0.2) is 17.0 Å². The monoisotopic (exact) mass is 337 g/mol. The topological polar surface area (TPSA) is 66.4 Å². The van der Waals surface area contributed by atoms with E-state index in [0.717, 1.165) is 12.8 Å². The molecule has 1 aliphatic carbocycles. The Labute approximate surface area is 126 Å². The fraction of sp³-hybridized carbons (Fsp3) is 0.333. The van der Waals surface area contributed by atoms with E-state index in [1.807, 2.05) is 12.2 Å². The predicted molar refractivity (Wildman–Crippen MR) is 79.1 cm³/mol. The average molecular weight is 338 g/mol. The number of nitrogens with one attached hydrogen (secondary N) is 1. The first-order valence-corrected chi connectivity index (χ1v) is 7.31. The first-order chi connectivity index (χ1) is 9.59. The number of hydrogen-bond donors (Lipinski definition) is 2. The Balaban J connectivity index is 2.14. The number of benzene rings is 1. The van der Waals surface area contributed by atoms with Gasteiger partial charge in [-0.2, -0.15) is 0 Å². The Hall–Kier alpha value is -1.62. The van der Waals surface area contributed by atoms with Gasteiger partial charge in [-0.1, -0.05) is 46.3 Å². The smallest absolute Gasteiger partial charge is 0.330 e. The zero-order valence-corrected chi connectivity index (χ0v) is 12.5. The van der Waals surface area contributed by atoms with Crippen molar-refractivity contribution in [2.24, 2.45) is 5.92 Å². The standard InChI is InChI=1S/C15H16BrNO3/c16-12-9-5-4-8-11(12)13(15(19)20)17-14(18)10-6-2-1-3-7-10/h1-2,4-5,8-10,13H,3,6-7H2,(H,17,18)(H,19,20). The lowest BCUT2D eigenvalue weighted by Gasteiger charge is -2.21. The number of rotatable bonds is 4. The predicted octanol–water partition coefficient (Wildman–Crippen LogP) is 3.05. The van der Waals surface area contributed by atoms with Gasteiger partial charge < -0.3 is 10.4 Å². The van der Waals surface area contributed by atoms with E-state index in [9.17, 15) is 14.7 Å². The Kier molecular flexibility index (Phi) is 4.95. The highest BCUT2D eigenvalue weighted by atomic mass is 79.9. The van der Waals surface area contributed by atoms with Crippen molar-refractivity contribution in [1.82, 2.24) is 5.32 Å². The fourth-order valence-corrected chi connectivity index (χ4v) is 2.79. The van der Waals surface area contributed by atoms with E-state index in [4.69, 9.17) is 0 Å². The highest BCUT2D eigenvalue weighted by Crippen LogP contribution is 2.25. The minimum atomic E-state index is -1.06. The molecule has 1 amide bonds. The van der Waals surface area contributed by atoms with Crippen LogP contribution in [0.1, 0.15) is 30.9 Å². The maximum absolute atomic E-state index is 12.2. The second-order valence-corrected chi connectivity index (χ2v) is 5.64. The summed E-state index contributed by atoms with van der Waals surface area (Å²) in [6.07, 6.45) is 6.33. The SMILES string of the molecule is O=C(NC(C(=O)O)c1ccccc1Br)C1CC=CCC1. The summed E-state index contributed by atoms with van der Waals surface area (Å²) in [5.41, 5.74) is 0.555. The normalized spacial score (nSPS) is 19.4. The molecule has 106 valence electrons. The van der Waals surface area contributed by atoms with Gasteiger partial charge in [0.05, 0.1) is 0 Å². The molecule has 1 aromatic carbocycles. The molecule has 0 spiro atoms. The average Bonchev–Trinajstić information content (AvgIpc) is 2.46. The number of carbonyl (C=O) groups excluding carboxylic acids is 1. The fourth-order valence-electron chi connectivity index (χ4n) is 2.27. The van der Waals surface area contributed by atoms with E-state index < -0.39 is 12.0 Å². The van der Waals surface area contributed by atoms with Crippen molar-refractivity contribution < 1.29 is 14.7 Å². The Morgan fingerprint density at radius 2 is 2.05 bits per heavy atom. The first-order valence-electron chi connectivity index (χ1n) is 6.52. The first kappa shape index (κ1) is 14.8. The van der Waals surface area contributed by atoms with Crippen LogP contribution in [-0.2, 0) is 9.59 Å². The molecule has 2 atom stereocenters. The van der Waals surface area contributed by atoms with Crippen LogP contribution in [0.5, 0.6) is 0 Å². The molecule has 0 aromatic heterocycles. The molecular formula is C15H16BrNO3. The van der Waals surface area contributed by atoms with Crippen LogP contribution in [0.15, 0.2) is 40.9 Å². The van der Waals surface area contributed by atoms with Crippen LogP contribution < -0.4 is 5.32 Å². The molecular weight excluding hydrogens is 322 g/mol. The molecule has 1 aromatic rings. The third kappa shape index (κ3) is 3.48. The number of halogens is 1.